The van der Waals surface area contributed by atoms with E-state index in [4.69, 9.17) is 11.6 Å². The molecule has 25 heavy (non-hydrogen) atoms. The quantitative estimate of drug-likeness (QED) is 0.682. The summed E-state index contributed by atoms with van der Waals surface area (Å²) in [6.07, 6.45) is 1.13. The number of aromatic nitrogens is 1. The van der Waals surface area contributed by atoms with E-state index < -0.39 is 15.7 Å². The van der Waals surface area contributed by atoms with Gasteiger partial charge in [-0.25, -0.2) is 8.42 Å². The molecular weight excluding hydrogens is 380 g/mol. The molecule has 0 fully saturated rings. The lowest BCUT2D eigenvalue weighted by atomic mass is 10.2. The molecule has 130 valence electrons. The molecule has 0 saturated heterocycles. The minimum absolute atomic E-state index is 0.171. The van der Waals surface area contributed by atoms with Crippen molar-refractivity contribution in [3.8, 4) is 0 Å². The molecule has 0 aliphatic rings. The molecule has 0 aliphatic heterocycles. The van der Waals surface area contributed by atoms with Crippen LogP contribution in [-0.4, -0.2) is 25.1 Å². The van der Waals surface area contributed by atoms with E-state index in [2.05, 4.69) is 4.99 Å². The van der Waals surface area contributed by atoms with Gasteiger partial charge in [0.2, 0.25) is 0 Å². The number of hydrogen-bond donors (Lipinski definition) is 0. The van der Waals surface area contributed by atoms with Gasteiger partial charge in [0.15, 0.2) is 14.6 Å². The minimum atomic E-state index is -3.29. The number of rotatable bonds is 3. The Kier molecular flexibility index (Phi) is 4.81. The Morgan fingerprint density at radius 1 is 1.20 bits per heavy atom. The maximum absolute atomic E-state index is 12.4. The lowest BCUT2D eigenvalue weighted by Gasteiger charge is -2.01. The van der Waals surface area contributed by atoms with Crippen molar-refractivity contribution in [2.45, 2.75) is 18.4 Å². The highest BCUT2D eigenvalue weighted by Gasteiger charge is 2.11. The number of thiazole rings is 1. The second-order valence-electron chi connectivity index (χ2n) is 5.45. The van der Waals surface area contributed by atoms with E-state index in [1.165, 1.54) is 35.6 Å². The van der Waals surface area contributed by atoms with Crippen LogP contribution in [0.4, 0.5) is 0 Å². The third-order valence-electron chi connectivity index (χ3n) is 3.69. The fourth-order valence-corrected chi connectivity index (χ4v) is 4.43. The smallest absolute Gasteiger partial charge is 0.279 e. The van der Waals surface area contributed by atoms with Crippen LogP contribution >= 0.6 is 22.9 Å². The molecule has 1 heterocycles. The normalized spacial score (nSPS) is 12.7. The predicted molar refractivity (Wildman–Crippen MR) is 99.9 cm³/mol. The van der Waals surface area contributed by atoms with Crippen molar-refractivity contribution in [2.75, 3.05) is 6.26 Å². The highest BCUT2D eigenvalue weighted by molar-refractivity contribution is 7.90. The zero-order valence-corrected chi connectivity index (χ0v) is 16.0. The molecule has 0 radical (unpaired) electrons. The number of halogens is 1. The summed E-state index contributed by atoms with van der Waals surface area (Å²) in [7, 11) is -3.29. The Hall–Kier alpha value is -1.96. The number of fused-ring (bicyclic) bond motifs is 1. The number of aryl methyl sites for hydroxylation is 1. The van der Waals surface area contributed by atoms with Crippen molar-refractivity contribution < 1.29 is 13.2 Å². The summed E-state index contributed by atoms with van der Waals surface area (Å²) < 4.78 is 25.9. The van der Waals surface area contributed by atoms with Crippen molar-refractivity contribution in [2.24, 2.45) is 4.99 Å². The van der Waals surface area contributed by atoms with Crippen molar-refractivity contribution in [1.82, 2.24) is 4.57 Å². The van der Waals surface area contributed by atoms with Gasteiger partial charge in [0, 0.05) is 23.4 Å². The molecule has 0 spiro atoms. The van der Waals surface area contributed by atoms with Crippen LogP contribution in [0.5, 0.6) is 0 Å². The van der Waals surface area contributed by atoms with Crippen molar-refractivity contribution in [1.29, 1.82) is 0 Å². The van der Waals surface area contributed by atoms with Crippen molar-refractivity contribution >= 4 is 48.9 Å². The molecule has 3 aromatic rings. The predicted octanol–water partition coefficient (Wildman–Crippen LogP) is 3.52. The van der Waals surface area contributed by atoms with Gasteiger partial charge in [0.25, 0.3) is 5.91 Å². The summed E-state index contributed by atoms with van der Waals surface area (Å²) in [5.74, 6) is -0.417. The number of hydrogen-bond acceptors (Lipinski definition) is 4. The lowest BCUT2D eigenvalue weighted by molar-refractivity contribution is 0.0997. The number of benzene rings is 2. The molecule has 0 saturated carbocycles. The third-order valence-corrected chi connectivity index (χ3v) is 6.09. The highest BCUT2D eigenvalue weighted by atomic mass is 35.5. The molecule has 1 aromatic heterocycles. The second-order valence-corrected chi connectivity index (χ2v) is 8.92. The van der Waals surface area contributed by atoms with E-state index in [9.17, 15) is 13.2 Å². The van der Waals surface area contributed by atoms with Gasteiger partial charge in [-0.05, 0) is 49.4 Å². The molecule has 2 aromatic carbocycles. The van der Waals surface area contributed by atoms with E-state index >= 15 is 0 Å². The fourth-order valence-electron chi connectivity index (χ4n) is 2.43. The van der Waals surface area contributed by atoms with Gasteiger partial charge in [-0.15, -0.1) is 0 Å². The van der Waals surface area contributed by atoms with Crippen LogP contribution in [0.2, 0.25) is 5.02 Å². The molecule has 0 atom stereocenters. The molecule has 0 aliphatic carbocycles. The average Bonchev–Trinajstić information content (AvgIpc) is 2.90. The number of sulfone groups is 1. The van der Waals surface area contributed by atoms with Gasteiger partial charge in [-0.3, -0.25) is 4.79 Å². The van der Waals surface area contributed by atoms with Crippen LogP contribution in [0.3, 0.4) is 0 Å². The lowest BCUT2D eigenvalue weighted by Crippen LogP contribution is -2.15. The maximum atomic E-state index is 12.4. The maximum Gasteiger partial charge on any atom is 0.279 e. The van der Waals surface area contributed by atoms with E-state index in [0.717, 1.165) is 16.5 Å². The average molecular weight is 395 g/mol. The van der Waals surface area contributed by atoms with Crippen LogP contribution in [0.25, 0.3) is 10.2 Å². The van der Waals surface area contributed by atoms with Crippen LogP contribution in [-0.2, 0) is 16.4 Å². The summed E-state index contributed by atoms with van der Waals surface area (Å²) >= 11 is 7.42. The molecular formula is C17H15ClN2O3S2. The van der Waals surface area contributed by atoms with Gasteiger partial charge in [0.1, 0.15) is 0 Å². The first-order valence-electron chi connectivity index (χ1n) is 7.47. The first-order chi connectivity index (χ1) is 11.8. The Bertz CT molecular complexity index is 1130. The number of carbonyl (C=O) groups excluding carboxylic acids is 1. The van der Waals surface area contributed by atoms with E-state index in [1.54, 1.807) is 6.07 Å². The van der Waals surface area contributed by atoms with Crippen LogP contribution in [0.15, 0.2) is 52.4 Å². The largest absolute Gasteiger partial charge is 0.317 e. The Morgan fingerprint density at radius 3 is 2.48 bits per heavy atom. The van der Waals surface area contributed by atoms with E-state index in [1.807, 2.05) is 23.6 Å². The summed E-state index contributed by atoms with van der Waals surface area (Å²) in [5, 5.41) is 0.631. The summed E-state index contributed by atoms with van der Waals surface area (Å²) in [6.45, 7) is 2.64. The zero-order chi connectivity index (χ0) is 18.2. The number of amides is 1. The van der Waals surface area contributed by atoms with Gasteiger partial charge < -0.3 is 4.57 Å². The van der Waals surface area contributed by atoms with E-state index in [0.29, 0.717) is 21.9 Å². The van der Waals surface area contributed by atoms with Crippen LogP contribution in [0, 0.1) is 0 Å². The Balaban J connectivity index is 2.05. The van der Waals surface area contributed by atoms with Crippen molar-refractivity contribution in [3.05, 3.63) is 57.9 Å². The Labute approximate surface area is 154 Å². The number of carbonyl (C=O) groups is 1. The molecule has 5 nitrogen and oxygen atoms in total. The van der Waals surface area contributed by atoms with Crippen LogP contribution in [0.1, 0.15) is 17.3 Å². The van der Waals surface area contributed by atoms with Crippen molar-refractivity contribution in [3.63, 3.8) is 0 Å². The van der Waals surface area contributed by atoms with Gasteiger partial charge in [0.05, 0.1) is 15.1 Å². The summed E-state index contributed by atoms with van der Waals surface area (Å²) in [4.78, 5) is 17.4. The van der Waals surface area contributed by atoms with Gasteiger partial charge >= 0.3 is 0 Å². The topological polar surface area (TPSA) is 68.5 Å². The molecule has 0 N–H and O–H groups in total. The van der Waals surface area contributed by atoms with Gasteiger partial charge in [-0.2, -0.15) is 4.99 Å². The molecule has 8 heteroatoms. The SMILES string of the molecule is CCn1c(=NC(=O)c2ccc(S(C)(=O)=O)cc2)sc2cc(Cl)ccc21. The molecule has 3 rings (SSSR count). The highest BCUT2D eigenvalue weighted by Crippen LogP contribution is 2.22. The first kappa shape index (κ1) is 17.8. The number of nitrogens with zero attached hydrogens (tertiary/aromatic N) is 2. The second kappa shape index (κ2) is 6.74. The van der Waals surface area contributed by atoms with Gasteiger partial charge in [-0.1, -0.05) is 22.9 Å². The van der Waals surface area contributed by atoms with Crippen LogP contribution < -0.4 is 4.80 Å². The summed E-state index contributed by atoms with van der Waals surface area (Å²) in [5.41, 5.74) is 1.31. The van der Waals surface area contributed by atoms with E-state index in [-0.39, 0.29) is 4.90 Å². The monoisotopic (exact) mass is 394 g/mol. The molecule has 1 amide bonds. The zero-order valence-electron chi connectivity index (χ0n) is 13.6. The fraction of sp³-hybridized carbons (Fsp3) is 0.176. The molecule has 0 unspecified atom stereocenters. The standard InChI is InChI=1S/C17H15ClN2O3S2/c1-3-20-14-9-6-12(18)10-15(14)24-17(20)19-16(21)11-4-7-13(8-5-11)25(2,22)23/h4-10H,3H2,1-2H3. The Morgan fingerprint density at radius 2 is 1.88 bits per heavy atom. The third kappa shape index (κ3) is 3.68. The minimum Gasteiger partial charge on any atom is -0.317 e. The summed E-state index contributed by atoms with van der Waals surface area (Å²) in [6, 6.07) is 11.3. The first-order valence-corrected chi connectivity index (χ1v) is 10.6. The molecule has 0 bridgehead atoms.